The molecule has 1 fully saturated rings. The van der Waals surface area contributed by atoms with E-state index in [0.29, 0.717) is 20.2 Å². The van der Waals surface area contributed by atoms with Crippen LogP contribution in [0.1, 0.15) is 18.4 Å². The van der Waals surface area contributed by atoms with E-state index in [2.05, 4.69) is 10.1 Å². The molecule has 0 saturated carbocycles. The molecule has 0 spiro atoms. The Labute approximate surface area is 146 Å². The van der Waals surface area contributed by atoms with Gasteiger partial charge < -0.3 is 10.5 Å². The van der Waals surface area contributed by atoms with E-state index >= 15 is 0 Å². The molecule has 4 N–H and O–H groups in total. The first-order valence-corrected chi connectivity index (χ1v) is 7.93. The molecule has 8 nitrogen and oxygen atoms in total. The molecule has 1 aliphatic heterocycles. The van der Waals surface area contributed by atoms with Crippen LogP contribution in [0.2, 0.25) is 0 Å². The second-order valence-electron chi connectivity index (χ2n) is 5.45. The molecule has 25 heavy (non-hydrogen) atoms. The minimum absolute atomic E-state index is 0.0389. The summed E-state index contributed by atoms with van der Waals surface area (Å²) >= 11 is 0. The van der Waals surface area contributed by atoms with E-state index in [4.69, 9.17) is 15.6 Å². The van der Waals surface area contributed by atoms with Gasteiger partial charge in [0.25, 0.3) is 0 Å². The van der Waals surface area contributed by atoms with Crippen molar-refractivity contribution < 1.29 is 28.9 Å². The topological polar surface area (TPSA) is 128 Å². The van der Waals surface area contributed by atoms with Gasteiger partial charge in [-0.15, -0.1) is 0 Å². The molecule has 1 unspecified atom stereocenters. The molecule has 2 rings (SSSR count). The molecular formula is C16H23BN2O6. The van der Waals surface area contributed by atoms with E-state index in [1.54, 1.807) is 0 Å². The van der Waals surface area contributed by atoms with E-state index in [0.717, 1.165) is 5.56 Å². The number of nitrogens with two attached hydrogens (primary N) is 1. The third-order valence-corrected chi connectivity index (χ3v) is 3.25. The molecule has 0 aromatic heterocycles. The number of aliphatic hydroxyl groups is 1. The summed E-state index contributed by atoms with van der Waals surface area (Å²) in [6.45, 7) is 0.401. The number of aliphatic hydroxyl groups excluding tert-OH is 1. The maximum atomic E-state index is 11.5. The van der Waals surface area contributed by atoms with Gasteiger partial charge in [-0.05, 0) is 0 Å². The Kier molecular flexibility index (Phi) is 10.3. The summed E-state index contributed by atoms with van der Waals surface area (Å²) in [4.78, 5) is 21.6. The molecule has 1 aliphatic rings. The van der Waals surface area contributed by atoms with Gasteiger partial charge in [-0.1, -0.05) is 0 Å². The summed E-state index contributed by atoms with van der Waals surface area (Å²) in [7, 11) is 0.679. The molecular weight excluding hydrogens is 327 g/mol. The summed E-state index contributed by atoms with van der Waals surface area (Å²) in [6, 6.07) is 8.85. The summed E-state index contributed by atoms with van der Waals surface area (Å²) in [5.74, 6) is -0.580. The zero-order valence-electron chi connectivity index (χ0n) is 13.9. The van der Waals surface area contributed by atoms with Crippen molar-refractivity contribution in [3.8, 4) is 0 Å². The first kappa shape index (κ1) is 20.9. The van der Waals surface area contributed by atoms with Crippen molar-refractivity contribution in [1.82, 2.24) is 5.32 Å². The van der Waals surface area contributed by atoms with Crippen LogP contribution in [0.4, 0.5) is 0 Å². The first-order chi connectivity index (χ1) is 12.0. The van der Waals surface area contributed by atoms with Crippen LogP contribution in [0.15, 0.2) is 30.3 Å². The Hall–Kier alpha value is -2.10. The monoisotopic (exact) mass is 350 g/mol. The number of benzene rings is 1. The van der Waals surface area contributed by atoms with Crippen LogP contribution in [0.3, 0.4) is 0 Å². The normalized spacial score (nSPS) is 16.9. The molecule has 1 saturated heterocycles. The van der Waals surface area contributed by atoms with E-state index in [1.165, 1.54) is 0 Å². The van der Waals surface area contributed by atoms with Gasteiger partial charge in [0.2, 0.25) is 0 Å². The summed E-state index contributed by atoms with van der Waals surface area (Å²) in [6.07, 6.45) is 0.536. The first-order valence-electron chi connectivity index (χ1n) is 7.93. The molecule has 1 aromatic rings. The van der Waals surface area contributed by atoms with Crippen molar-refractivity contribution >= 4 is 19.1 Å². The zero-order valence-corrected chi connectivity index (χ0v) is 13.9. The van der Waals surface area contributed by atoms with Crippen molar-refractivity contribution in [2.45, 2.75) is 31.5 Å². The molecule has 9 heteroatoms. The second-order valence-corrected chi connectivity index (χ2v) is 5.45. The predicted molar refractivity (Wildman–Crippen MR) is 89.7 cm³/mol. The molecule has 0 aliphatic carbocycles. The van der Waals surface area contributed by atoms with Crippen LogP contribution in [0.5, 0.6) is 0 Å². The zero-order chi connectivity index (χ0) is 18.5. The van der Waals surface area contributed by atoms with Crippen LogP contribution in [-0.4, -0.2) is 55.9 Å². The van der Waals surface area contributed by atoms with Crippen molar-refractivity contribution in [3.63, 3.8) is 0 Å². The Bertz CT molecular complexity index is 543. The second kappa shape index (κ2) is 12.3. The Morgan fingerprint density at radius 2 is 2.16 bits per heavy atom. The van der Waals surface area contributed by atoms with E-state index in [-0.39, 0.29) is 38.1 Å². The van der Waals surface area contributed by atoms with Gasteiger partial charge in [-0.2, -0.15) is 0 Å². The van der Waals surface area contributed by atoms with E-state index in [1.807, 2.05) is 30.3 Å². The number of esters is 2. The van der Waals surface area contributed by atoms with Crippen LogP contribution in [0, 0.1) is 0 Å². The fraction of sp³-hybridized carbons (Fsp3) is 0.500. The average molecular weight is 350 g/mol. The molecule has 2 atom stereocenters. The molecule has 0 radical (unpaired) electrons. The quantitative estimate of drug-likeness (QED) is 0.416. The van der Waals surface area contributed by atoms with Crippen LogP contribution in [-0.2, 0) is 30.4 Å². The van der Waals surface area contributed by atoms with Gasteiger partial charge in [0, 0.05) is 6.04 Å². The van der Waals surface area contributed by atoms with Gasteiger partial charge in [0.05, 0.1) is 6.42 Å². The number of rotatable bonds is 8. The number of carbonyl (C=O) groups is 2. The number of cyclic esters (lactones) is 1. The standard InChI is InChI=1S/C12H16BNO4.C4H7NO2/c15-7-11(14-9-13-17)6-12(16)18-8-10-4-2-1-3-5-10;5-3-1-4(6)7-2-3/h1-5,11,14-15H,6-9H2;3H,1-2,5H2/t;3-/m.0/s1. The third kappa shape index (κ3) is 9.70. The van der Waals surface area contributed by atoms with Crippen molar-refractivity contribution in [2.24, 2.45) is 5.73 Å². The number of carbonyl (C=O) groups excluding carboxylic acids is 2. The molecule has 1 heterocycles. The van der Waals surface area contributed by atoms with E-state index < -0.39 is 12.0 Å². The van der Waals surface area contributed by atoms with Gasteiger partial charge in [-0.3, -0.25) is 4.79 Å². The van der Waals surface area contributed by atoms with Crippen LogP contribution in [0.25, 0.3) is 0 Å². The van der Waals surface area contributed by atoms with Gasteiger partial charge in [-0.25, -0.2) is 0 Å². The van der Waals surface area contributed by atoms with Crippen molar-refractivity contribution in [3.05, 3.63) is 35.9 Å². The molecule has 1 aromatic carbocycles. The fourth-order valence-corrected chi connectivity index (χ4v) is 1.95. The predicted octanol–water partition coefficient (Wildman–Crippen LogP) is -0.662. The van der Waals surface area contributed by atoms with E-state index in [9.17, 15) is 14.3 Å². The minimum atomic E-state index is -0.446. The fourth-order valence-electron chi connectivity index (χ4n) is 1.95. The Morgan fingerprint density at radius 1 is 1.44 bits per heavy atom. The Morgan fingerprint density at radius 3 is 2.64 bits per heavy atom. The number of ether oxygens (including phenoxy) is 2. The SMILES string of the molecule is N[C@@H]1COC(=O)C1.O=BCNC(CO)CC(=O)OCc1ccccc1. The maximum absolute atomic E-state index is 11.5. The summed E-state index contributed by atoms with van der Waals surface area (Å²) in [5.41, 5.74) is 6.19. The van der Waals surface area contributed by atoms with Gasteiger partial charge in [0.15, 0.2) is 0 Å². The molecule has 0 bridgehead atoms. The van der Waals surface area contributed by atoms with Crippen molar-refractivity contribution in [1.29, 1.82) is 0 Å². The summed E-state index contributed by atoms with van der Waals surface area (Å²) in [5, 5.41) is 11.7. The van der Waals surface area contributed by atoms with Crippen molar-refractivity contribution in [2.75, 3.05) is 19.7 Å². The molecule has 136 valence electrons. The summed E-state index contributed by atoms with van der Waals surface area (Å²) < 4.78 is 19.7. The number of hydrogen-bond acceptors (Lipinski definition) is 8. The number of nitrogens with one attached hydrogen (secondary N) is 1. The van der Waals surface area contributed by atoms with Crippen LogP contribution < -0.4 is 11.1 Å². The van der Waals surface area contributed by atoms with Crippen LogP contribution >= 0.6 is 0 Å². The van der Waals surface area contributed by atoms with Gasteiger partial charge in [0.1, 0.15) is 6.61 Å². The Balaban J connectivity index is 0.000000370. The average Bonchev–Trinajstić information content (AvgIpc) is 3.01. The molecule has 0 amide bonds. The third-order valence-electron chi connectivity index (χ3n) is 3.25. The van der Waals surface area contributed by atoms with Gasteiger partial charge >= 0.3 is 112 Å². The number of hydrogen-bond donors (Lipinski definition) is 3.